The van der Waals surface area contributed by atoms with Crippen molar-refractivity contribution >= 4 is 11.9 Å². The topological polar surface area (TPSA) is 66.0 Å². The fraction of sp³-hybridized carbons (Fsp3) is 0.364. The Kier molecular flexibility index (Phi) is 8.72. The third kappa shape index (κ3) is 7.51. The second kappa shape index (κ2) is 11.2. The lowest BCUT2D eigenvalue weighted by atomic mass is 10.1. The van der Waals surface area contributed by atoms with E-state index in [9.17, 15) is 18.0 Å². The highest BCUT2D eigenvalue weighted by atomic mass is 19.4. The van der Waals surface area contributed by atoms with Crippen LogP contribution in [0.1, 0.15) is 21.5 Å². The molecule has 0 heterocycles. The van der Waals surface area contributed by atoms with Gasteiger partial charge in [-0.05, 0) is 36.2 Å². The minimum Gasteiger partial charge on any atom is -0.491 e. The van der Waals surface area contributed by atoms with E-state index in [1.54, 1.807) is 27.2 Å². The lowest BCUT2D eigenvalue weighted by molar-refractivity contribution is -0.138. The predicted octanol–water partition coefficient (Wildman–Crippen LogP) is 3.19. The summed E-state index contributed by atoms with van der Waals surface area (Å²) < 4.78 is 44.2. The number of carbonyl (C=O) groups is 1. The molecule has 0 aromatic heterocycles. The molecule has 6 nitrogen and oxygen atoms in total. The summed E-state index contributed by atoms with van der Waals surface area (Å²) in [4.78, 5) is 17.7. The van der Waals surface area contributed by atoms with Gasteiger partial charge in [-0.2, -0.15) is 13.2 Å². The molecular formula is C22H27F3N4O2. The normalized spacial score (nSPS) is 11.7. The minimum atomic E-state index is -4.46. The van der Waals surface area contributed by atoms with E-state index in [-0.39, 0.29) is 24.8 Å². The molecule has 0 saturated carbocycles. The molecule has 0 aliphatic carbocycles. The van der Waals surface area contributed by atoms with E-state index >= 15 is 0 Å². The van der Waals surface area contributed by atoms with E-state index in [1.165, 1.54) is 23.1 Å². The third-order valence-electron chi connectivity index (χ3n) is 4.35. The SMILES string of the molecule is CN=C(NCCOc1ccccc1C(F)(F)F)NCCc1cccc(C(=O)N(C)C)c1. The van der Waals surface area contributed by atoms with E-state index in [1.807, 2.05) is 18.2 Å². The Hall–Kier alpha value is -3.23. The van der Waals surface area contributed by atoms with Gasteiger partial charge in [-0.15, -0.1) is 0 Å². The first-order valence-corrected chi connectivity index (χ1v) is 9.76. The lowest BCUT2D eigenvalue weighted by Gasteiger charge is -2.15. The van der Waals surface area contributed by atoms with E-state index < -0.39 is 11.7 Å². The zero-order chi connectivity index (χ0) is 22.9. The summed E-state index contributed by atoms with van der Waals surface area (Å²) in [5.41, 5.74) is 0.830. The summed E-state index contributed by atoms with van der Waals surface area (Å²) in [5.74, 6) is 0.250. The first-order valence-electron chi connectivity index (χ1n) is 9.76. The van der Waals surface area contributed by atoms with Crippen molar-refractivity contribution in [3.05, 3.63) is 65.2 Å². The standard InChI is InChI=1S/C22H27F3N4O2/c1-26-21(27-12-11-16-7-6-8-17(15-16)20(30)29(2)3)28-13-14-31-19-10-5-4-9-18(19)22(23,24)25/h4-10,15H,11-14H2,1-3H3,(H2,26,27,28). The predicted molar refractivity (Wildman–Crippen MR) is 114 cm³/mol. The van der Waals surface area contributed by atoms with Crippen molar-refractivity contribution in [3.8, 4) is 5.75 Å². The van der Waals surface area contributed by atoms with Crippen molar-refractivity contribution in [2.45, 2.75) is 12.6 Å². The van der Waals surface area contributed by atoms with Crippen LogP contribution in [0.15, 0.2) is 53.5 Å². The van der Waals surface area contributed by atoms with Gasteiger partial charge < -0.3 is 20.3 Å². The maximum atomic E-state index is 13.0. The van der Waals surface area contributed by atoms with Gasteiger partial charge in [-0.3, -0.25) is 9.79 Å². The number of nitrogens with zero attached hydrogens (tertiary/aromatic N) is 2. The summed E-state index contributed by atoms with van der Waals surface area (Å²) in [7, 11) is 5.01. The zero-order valence-electron chi connectivity index (χ0n) is 17.8. The molecule has 0 radical (unpaired) electrons. The van der Waals surface area contributed by atoms with Crippen LogP contribution < -0.4 is 15.4 Å². The maximum absolute atomic E-state index is 13.0. The molecule has 2 aromatic rings. The first-order chi connectivity index (χ1) is 14.7. The third-order valence-corrected chi connectivity index (χ3v) is 4.35. The van der Waals surface area contributed by atoms with Crippen molar-refractivity contribution in [1.82, 2.24) is 15.5 Å². The Morgan fingerprint density at radius 1 is 1.06 bits per heavy atom. The average Bonchev–Trinajstić information content (AvgIpc) is 2.74. The first kappa shape index (κ1) is 24.0. The Labute approximate surface area is 180 Å². The van der Waals surface area contributed by atoms with Crippen molar-refractivity contribution in [1.29, 1.82) is 0 Å². The number of para-hydroxylation sites is 1. The Morgan fingerprint density at radius 2 is 1.77 bits per heavy atom. The van der Waals surface area contributed by atoms with Crippen molar-refractivity contribution in [2.75, 3.05) is 40.8 Å². The van der Waals surface area contributed by atoms with Gasteiger partial charge >= 0.3 is 6.18 Å². The van der Waals surface area contributed by atoms with Gasteiger partial charge in [0.05, 0.1) is 12.1 Å². The molecule has 168 valence electrons. The highest BCUT2D eigenvalue weighted by molar-refractivity contribution is 5.94. The van der Waals surface area contributed by atoms with E-state index in [0.29, 0.717) is 24.5 Å². The molecule has 0 atom stereocenters. The molecule has 0 unspecified atom stereocenters. The van der Waals surface area contributed by atoms with Crippen molar-refractivity contribution < 1.29 is 22.7 Å². The summed E-state index contributed by atoms with van der Waals surface area (Å²) in [5, 5.41) is 6.13. The van der Waals surface area contributed by atoms with Crippen LogP contribution in [0.5, 0.6) is 5.75 Å². The number of hydrogen-bond donors (Lipinski definition) is 2. The second-order valence-corrected chi connectivity index (χ2v) is 6.92. The van der Waals surface area contributed by atoms with E-state index in [4.69, 9.17) is 4.74 Å². The van der Waals surface area contributed by atoms with Crippen LogP contribution in [0.25, 0.3) is 0 Å². The van der Waals surface area contributed by atoms with Gasteiger partial charge in [0, 0.05) is 33.3 Å². The summed E-state index contributed by atoms with van der Waals surface area (Å²) in [6, 6.07) is 12.5. The largest absolute Gasteiger partial charge is 0.491 e. The van der Waals surface area contributed by atoms with Gasteiger partial charge in [0.25, 0.3) is 5.91 Å². The molecule has 9 heteroatoms. The highest BCUT2D eigenvalue weighted by Crippen LogP contribution is 2.35. The highest BCUT2D eigenvalue weighted by Gasteiger charge is 2.33. The molecule has 2 N–H and O–H groups in total. The van der Waals surface area contributed by atoms with Crippen molar-refractivity contribution in [2.24, 2.45) is 4.99 Å². The Morgan fingerprint density at radius 3 is 2.45 bits per heavy atom. The maximum Gasteiger partial charge on any atom is 0.419 e. The number of guanidine groups is 1. The number of benzene rings is 2. The fourth-order valence-corrected chi connectivity index (χ4v) is 2.82. The number of amides is 1. The fourth-order valence-electron chi connectivity index (χ4n) is 2.82. The number of nitrogens with one attached hydrogen (secondary N) is 2. The zero-order valence-corrected chi connectivity index (χ0v) is 17.8. The van der Waals surface area contributed by atoms with Crippen LogP contribution in [-0.2, 0) is 12.6 Å². The number of rotatable bonds is 8. The number of halogens is 3. The van der Waals surface area contributed by atoms with Gasteiger partial charge in [0.15, 0.2) is 5.96 Å². The molecule has 0 aliphatic heterocycles. The lowest BCUT2D eigenvalue weighted by Crippen LogP contribution is -2.40. The number of alkyl halides is 3. The molecule has 0 bridgehead atoms. The van der Waals surface area contributed by atoms with Crippen LogP contribution >= 0.6 is 0 Å². The summed E-state index contributed by atoms with van der Waals surface area (Å²) >= 11 is 0. The van der Waals surface area contributed by atoms with Crippen molar-refractivity contribution in [3.63, 3.8) is 0 Å². The number of ether oxygens (including phenoxy) is 1. The average molecular weight is 436 g/mol. The van der Waals surface area contributed by atoms with Crippen LogP contribution in [0.3, 0.4) is 0 Å². The molecule has 2 rings (SSSR count). The Bertz CT molecular complexity index is 898. The number of carbonyl (C=O) groups excluding carboxylic acids is 1. The summed E-state index contributed by atoms with van der Waals surface area (Å²) in [6.45, 7) is 0.887. The monoisotopic (exact) mass is 436 g/mol. The second-order valence-electron chi connectivity index (χ2n) is 6.92. The molecule has 0 spiro atoms. The molecule has 1 amide bonds. The molecule has 31 heavy (non-hydrogen) atoms. The molecule has 0 fully saturated rings. The molecule has 2 aromatic carbocycles. The van der Waals surface area contributed by atoms with Gasteiger partial charge in [0.1, 0.15) is 12.4 Å². The quantitative estimate of drug-likeness (QED) is 0.379. The van der Waals surface area contributed by atoms with Crippen LogP contribution in [0.4, 0.5) is 13.2 Å². The van der Waals surface area contributed by atoms with Crippen LogP contribution in [0.2, 0.25) is 0 Å². The molecule has 0 saturated heterocycles. The van der Waals surface area contributed by atoms with Crippen LogP contribution in [-0.4, -0.2) is 57.6 Å². The number of aliphatic imine (C=N–C) groups is 1. The Balaban J connectivity index is 1.78. The van der Waals surface area contributed by atoms with Gasteiger partial charge in [-0.25, -0.2) is 0 Å². The van der Waals surface area contributed by atoms with E-state index in [2.05, 4.69) is 15.6 Å². The minimum absolute atomic E-state index is 0.0441. The summed E-state index contributed by atoms with van der Waals surface area (Å²) in [6.07, 6.45) is -3.79. The van der Waals surface area contributed by atoms with E-state index in [0.717, 1.165) is 11.6 Å². The number of hydrogen-bond acceptors (Lipinski definition) is 3. The van der Waals surface area contributed by atoms with Gasteiger partial charge in [0.2, 0.25) is 0 Å². The molecule has 0 aliphatic rings. The van der Waals surface area contributed by atoms with Gasteiger partial charge in [-0.1, -0.05) is 24.3 Å². The smallest absolute Gasteiger partial charge is 0.419 e. The molecular weight excluding hydrogens is 409 g/mol. The van der Waals surface area contributed by atoms with Crippen LogP contribution in [0, 0.1) is 0 Å².